The predicted molar refractivity (Wildman–Crippen MR) is 122 cm³/mol. The summed E-state index contributed by atoms with van der Waals surface area (Å²) < 4.78 is 5.19. The standard InChI is InChI=1S/C23H26N6O2/c1-28-10-12-29(13-11-28)23(30)27-20-5-3-4-19(14-20)26-22-24-15-18(16-25-22)17-6-8-21(31-2)9-7-17/h3-9,14-16H,10-13H2,1-2H3,(H,27,30)(H,24,25,26). The highest BCUT2D eigenvalue weighted by atomic mass is 16.5. The number of benzene rings is 2. The third-order valence-corrected chi connectivity index (χ3v) is 5.24. The zero-order chi connectivity index (χ0) is 21.6. The summed E-state index contributed by atoms with van der Waals surface area (Å²) in [6, 6.07) is 15.2. The Balaban J connectivity index is 1.38. The zero-order valence-corrected chi connectivity index (χ0v) is 17.7. The molecule has 0 saturated carbocycles. The molecule has 0 spiro atoms. The van der Waals surface area contributed by atoms with Crippen LogP contribution in [0.25, 0.3) is 11.1 Å². The Morgan fingerprint density at radius 2 is 1.61 bits per heavy atom. The number of carbonyl (C=O) groups excluding carboxylic acids is 1. The van der Waals surface area contributed by atoms with E-state index in [-0.39, 0.29) is 6.03 Å². The van der Waals surface area contributed by atoms with Crippen LogP contribution in [0.4, 0.5) is 22.1 Å². The van der Waals surface area contributed by atoms with Crippen molar-refractivity contribution in [1.82, 2.24) is 19.8 Å². The van der Waals surface area contributed by atoms with E-state index in [0.717, 1.165) is 54.4 Å². The highest BCUT2D eigenvalue weighted by molar-refractivity contribution is 5.90. The van der Waals surface area contributed by atoms with Crippen LogP contribution in [-0.4, -0.2) is 66.1 Å². The maximum Gasteiger partial charge on any atom is 0.321 e. The second kappa shape index (κ2) is 9.44. The molecule has 8 heteroatoms. The van der Waals surface area contributed by atoms with Crippen LogP contribution >= 0.6 is 0 Å². The lowest BCUT2D eigenvalue weighted by Crippen LogP contribution is -2.48. The van der Waals surface area contributed by atoms with Crippen molar-refractivity contribution in [2.24, 2.45) is 0 Å². The minimum absolute atomic E-state index is 0.0784. The Bertz CT molecular complexity index is 1010. The van der Waals surface area contributed by atoms with Crippen LogP contribution in [0.5, 0.6) is 5.75 Å². The van der Waals surface area contributed by atoms with Crippen LogP contribution in [0.2, 0.25) is 0 Å². The number of hydrogen-bond acceptors (Lipinski definition) is 6. The van der Waals surface area contributed by atoms with Crippen molar-refractivity contribution in [2.45, 2.75) is 0 Å². The van der Waals surface area contributed by atoms with Crippen LogP contribution in [0.15, 0.2) is 60.9 Å². The zero-order valence-electron chi connectivity index (χ0n) is 17.7. The van der Waals surface area contributed by atoms with Gasteiger partial charge >= 0.3 is 6.03 Å². The summed E-state index contributed by atoms with van der Waals surface area (Å²) in [5.74, 6) is 1.29. The van der Waals surface area contributed by atoms with Crippen molar-refractivity contribution in [3.63, 3.8) is 0 Å². The number of rotatable bonds is 5. The van der Waals surface area contributed by atoms with Crippen molar-refractivity contribution >= 4 is 23.4 Å². The topological polar surface area (TPSA) is 82.6 Å². The number of nitrogens with one attached hydrogen (secondary N) is 2. The Kier molecular flexibility index (Phi) is 6.28. The Labute approximate surface area is 181 Å². The molecule has 0 atom stereocenters. The Morgan fingerprint density at radius 1 is 0.935 bits per heavy atom. The molecule has 160 valence electrons. The SMILES string of the molecule is COc1ccc(-c2cnc(Nc3cccc(NC(=O)N4CCN(C)CC4)c3)nc2)cc1. The van der Waals surface area contributed by atoms with E-state index in [1.165, 1.54) is 0 Å². The lowest BCUT2D eigenvalue weighted by molar-refractivity contribution is 0.164. The van der Waals surface area contributed by atoms with Crippen LogP contribution in [0.1, 0.15) is 0 Å². The quantitative estimate of drug-likeness (QED) is 0.658. The van der Waals surface area contributed by atoms with E-state index >= 15 is 0 Å². The van der Waals surface area contributed by atoms with Crippen molar-refractivity contribution in [2.75, 3.05) is 51.0 Å². The smallest absolute Gasteiger partial charge is 0.321 e. The van der Waals surface area contributed by atoms with Crippen LogP contribution in [0.3, 0.4) is 0 Å². The minimum Gasteiger partial charge on any atom is -0.497 e. The third-order valence-electron chi connectivity index (χ3n) is 5.24. The van der Waals surface area contributed by atoms with Gasteiger partial charge in [0, 0.05) is 55.5 Å². The average Bonchev–Trinajstić information content (AvgIpc) is 2.80. The van der Waals surface area contributed by atoms with Gasteiger partial charge in [-0.15, -0.1) is 0 Å². The molecule has 1 fully saturated rings. The van der Waals surface area contributed by atoms with Gasteiger partial charge in [0.2, 0.25) is 5.95 Å². The largest absolute Gasteiger partial charge is 0.497 e. The maximum absolute atomic E-state index is 12.5. The van der Waals surface area contributed by atoms with Gasteiger partial charge < -0.3 is 25.2 Å². The van der Waals surface area contributed by atoms with Crippen LogP contribution in [0, 0.1) is 0 Å². The summed E-state index contributed by atoms with van der Waals surface area (Å²) in [5, 5.41) is 6.16. The van der Waals surface area contributed by atoms with Gasteiger partial charge in [-0.1, -0.05) is 18.2 Å². The van der Waals surface area contributed by atoms with Crippen molar-refractivity contribution in [3.8, 4) is 16.9 Å². The summed E-state index contributed by atoms with van der Waals surface area (Å²) in [7, 11) is 3.71. The molecule has 0 radical (unpaired) electrons. The fourth-order valence-corrected chi connectivity index (χ4v) is 3.34. The Morgan fingerprint density at radius 3 is 2.29 bits per heavy atom. The molecule has 2 amide bonds. The molecule has 0 unspecified atom stereocenters. The van der Waals surface area contributed by atoms with E-state index in [2.05, 4.69) is 32.5 Å². The van der Waals surface area contributed by atoms with E-state index in [9.17, 15) is 4.79 Å². The van der Waals surface area contributed by atoms with Gasteiger partial charge in [0.25, 0.3) is 0 Å². The van der Waals surface area contributed by atoms with Crippen molar-refractivity contribution in [1.29, 1.82) is 0 Å². The number of urea groups is 1. The van der Waals surface area contributed by atoms with Crippen molar-refractivity contribution in [3.05, 3.63) is 60.9 Å². The van der Waals surface area contributed by atoms with E-state index < -0.39 is 0 Å². The molecule has 1 saturated heterocycles. The monoisotopic (exact) mass is 418 g/mol. The molecular formula is C23H26N6O2. The summed E-state index contributed by atoms with van der Waals surface area (Å²) in [4.78, 5) is 25.4. The number of aromatic nitrogens is 2. The summed E-state index contributed by atoms with van der Waals surface area (Å²) in [6.07, 6.45) is 3.55. The number of amides is 2. The van der Waals surface area contributed by atoms with E-state index in [1.54, 1.807) is 19.5 Å². The molecule has 1 aromatic heterocycles. The molecule has 4 rings (SSSR count). The number of nitrogens with zero attached hydrogens (tertiary/aromatic N) is 4. The molecule has 2 aromatic carbocycles. The first-order chi connectivity index (χ1) is 15.1. The lowest BCUT2D eigenvalue weighted by atomic mass is 10.1. The van der Waals surface area contributed by atoms with Gasteiger partial charge in [-0.3, -0.25) is 0 Å². The van der Waals surface area contributed by atoms with E-state index in [0.29, 0.717) is 5.95 Å². The molecule has 1 aliphatic heterocycles. The molecule has 1 aliphatic rings. The third kappa shape index (κ3) is 5.29. The molecule has 8 nitrogen and oxygen atoms in total. The molecule has 0 aliphatic carbocycles. The summed E-state index contributed by atoms with van der Waals surface area (Å²) in [5.41, 5.74) is 3.46. The fraction of sp³-hybridized carbons (Fsp3) is 0.261. The number of ether oxygens (including phenoxy) is 1. The molecule has 2 N–H and O–H groups in total. The van der Waals surface area contributed by atoms with Gasteiger partial charge in [0.1, 0.15) is 5.75 Å². The van der Waals surface area contributed by atoms with E-state index in [1.807, 2.05) is 53.4 Å². The predicted octanol–water partition coefficient (Wildman–Crippen LogP) is 3.68. The molecule has 0 bridgehead atoms. The maximum atomic E-state index is 12.5. The number of methoxy groups -OCH3 is 1. The van der Waals surface area contributed by atoms with Crippen LogP contribution < -0.4 is 15.4 Å². The van der Waals surface area contributed by atoms with Gasteiger partial charge in [-0.25, -0.2) is 14.8 Å². The Hall–Kier alpha value is -3.65. The van der Waals surface area contributed by atoms with Gasteiger partial charge in [0.15, 0.2) is 0 Å². The first kappa shape index (κ1) is 20.6. The number of carbonyl (C=O) groups is 1. The van der Waals surface area contributed by atoms with Gasteiger partial charge in [0.05, 0.1) is 7.11 Å². The second-order valence-electron chi connectivity index (χ2n) is 7.45. The molecule has 2 heterocycles. The first-order valence-corrected chi connectivity index (χ1v) is 10.2. The highest BCUT2D eigenvalue weighted by Gasteiger charge is 2.19. The first-order valence-electron chi connectivity index (χ1n) is 10.2. The second-order valence-corrected chi connectivity index (χ2v) is 7.45. The number of piperazine rings is 1. The number of hydrogen-bond donors (Lipinski definition) is 2. The lowest BCUT2D eigenvalue weighted by Gasteiger charge is -2.32. The van der Waals surface area contributed by atoms with Gasteiger partial charge in [-0.05, 0) is 42.9 Å². The highest BCUT2D eigenvalue weighted by Crippen LogP contribution is 2.23. The fourth-order valence-electron chi connectivity index (χ4n) is 3.34. The number of anilines is 3. The van der Waals surface area contributed by atoms with Gasteiger partial charge in [-0.2, -0.15) is 0 Å². The minimum atomic E-state index is -0.0784. The van der Waals surface area contributed by atoms with E-state index in [4.69, 9.17) is 4.74 Å². The average molecular weight is 419 g/mol. The molecular weight excluding hydrogens is 392 g/mol. The summed E-state index contributed by atoms with van der Waals surface area (Å²) in [6.45, 7) is 3.24. The molecule has 3 aromatic rings. The van der Waals surface area contributed by atoms with Crippen LogP contribution in [-0.2, 0) is 0 Å². The summed E-state index contributed by atoms with van der Waals surface area (Å²) >= 11 is 0. The molecule has 31 heavy (non-hydrogen) atoms. The van der Waals surface area contributed by atoms with Crippen molar-refractivity contribution < 1.29 is 9.53 Å². The number of likely N-dealkylation sites (N-methyl/N-ethyl adjacent to an activating group) is 1. The normalized spacial score (nSPS) is 14.2.